The van der Waals surface area contributed by atoms with Crippen molar-refractivity contribution in [3.05, 3.63) is 18.6 Å². The molecule has 0 spiro atoms. The van der Waals surface area contributed by atoms with Crippen LogP contribution in [0.4, 0.5) is 11.6 Å². The second-order valence-electron chi connectivity index (χ2n) is 5.49. The maximum absolute atomic E-state index is 4.61. The third-order valence-corrected chi connectivity index (χ3v) is 3.87. The van der Waals surface area contributed by atoms with Crippen LogP contribution in [0.1, 0.15) is 26.2 Å². The first-order chi connectivity index (χ1) is 10.4. The van der Waals surface area contributed by atoms with Crippen molar-refractivity contribution in [3.8, 4) is 0 Å². The summed E-state index contributed by atoms with van der Waals surface area (Å²) in [4.78, 5) is 11.5. The molecule has 3 heterocycles. The molecular weight excluding hydrogens is 264 g/mol. The average molecular weight is 288 g/mol. The van der Waals surface area contributed by atoms with Gasteiger partial charge in [0.05, 0.1) is 6.20 Å². The Labute approximate surface area is 125 Å². The lowest BCUT2D eigenvalue weighted by Crippen LogP contribution is -2.22. The molecule has 6 heteroatoms. The van der Waals surface area contributed by atoms with Gasteiger partial charge in [0.1, 0.15) is 5.82 Å². The molecule has 0 atom stereocenters. The first-order valence-electron chi connectivity index (χ1n) is 7.90. The van der Waals surface area contributed by atoms with Crippen LogP contribution in [0.15, 0.2) is 18.6 Å². The van der Waals surface area contributed by atoms with Crippen LogP contribution in [0.5, 0.6) is 0 Å². The van der Waals surface area contributed by atoms with E-state index < -0.39 is 0 Å². The minimum atomic E-state index is 0.861. The Morgan fingerprint density at radius 3 is 2.90 bits per heavy atom. The zero-order valence-electron chi connectivity index (χ0n) is 12.7. The maximum Gasteiger partial charge on any atom is 0.180 e. The number of hydrogen-bond acceptors (Lipinski definition) is 5. The Kier molecular flexibility index (Phi) is 4.55. The second kappa shape index (κ2) is 6.76. The van der Waals surface area contributed by atoms with Crippen molar-refractivity contribution in [2.45, 2.75) is 26.2 Å². The molecule has 0 unspecified atom stereocenters. The monoisotopic (exact) mass is 288 g/mol. The molecule has 0 aromatic carbocycles. The van der Waals surface area contributed by atoms with Crippen molar-refractivity contribution in [1.29, 1.82) is 0 Å². The minimum absolute atomic E-state index is 0.861. The topological polar surface area (TPSA) is 57.5 Å². The van der Waals surface area contributed by atoms with Crippen LogP contribution in [-0.2, 0) is 0 Å². The van der Waals surface area contributed by atoms with Crippen LogP contribution in [0.25, 0.3) is 5.65 Å². The fourth-order valence-electron chi connectivity index (χ4n) is 2.83. The zero-order valence-corrected chi connectivity index (χ0v) is 12.7. The van der Waals surface area contributed by atoms with Crippen molar-refractivity contribution < 1.29 is 0 Å². The Bertz CT molecular complexity index is 573. The van der Waals surface area contributed by atoms with Gasteiger partial charge in [-0.3, -0.25) is 0 Å². The van der Waals surface area contributed by atoms with Crippen molar-refractivity contribution in [2.24, 2.45) is 0 Å². The number of likely N-dealkylation sites (tertiary alicyclic amines) is 1. The Hall–Kier alpha value is -1.82. The predicted molar refractivity (Wildman–Crippen MR) is 85.9 cm³/mol. The van der Waals surface area contributed by atoms with Gasteiger partial charge in [0.15, 0.2) is 11.5 Å². The molecule has 2 aromatic rings. The molecule has 0 radical (unpaired) electrons. The summed E-state index contributed by atoms with van der Waals surface area (Å²) in [7, 11) is 0. The van der Waals surface area contributed by atoms with Gasteiger partial charge in [0, 0.05) is 25.5 Å². The molecule has 0 bridgehead atoms. The predicted octanol–water partition coefficient (Wildman–Crippen LogP) is 2.06. The molecule has 0 amide bonds. The van der Waals surface area contributed by atoms with Gasteiger partial charge < -0.3 is 19.9 Å². The van der Waals surface area contributed by atoms with E-state index >= 15 is 0 Å². The maximum atomic E-state index is 4.61. The molecule has 1 aliphatic heterocycles. The summed E-state index contributed by atoms with van der Waals surface area (Å²) in [6.07, 6.45) is 9.58. The van der Waals surface area contributed by atoms with Gasteiger partial charge in [0.25, 0.3) is 0 Å². The molecule has 1 saturated heterocycles. The molecule has 0 saturated carbocycles. The highest BCUT2D eigenvalue weighted by atomic mass is 15.2. The summed E-state index contributed by atoms with van der Waals surface area (Å²) in [5, 5.41) is 6.69. The van der Waals surface area contributed by atoms with Crippen LogP contribution in [0.2, 0.25) is 0 Å². The number of rotatable bonds is 7. The van der Waals surface area contributed by atoms with E-state index in [9.17, 15) is 0 Å². The highest BCUT2D eigenvalue weighted by Crippen LogP contribution is 2.16. The fraction of sp³-hybridized carbons (Fsp3) is 0.600. The van der Waals surface area contributed by atoms with Crippen LogP contribution < -0.4 is 10.6 Å². The number of hydrogen-bond donors (Lipinski definition) is 2. The van der Waals surface area contributed by atoms with E-state index in [4.69, 9.17) is 0 Å². The SMILES string of the molecule is CCNc1cn2ccnc2c(NCCCN2CCCC2)n1. The Morgan fingerprint density at radius 2 is 2.10 bits per heavy atom. The largest absolute Gasteiger partial charge is 0.369 e. The first-order valence-corrected chi connectivity index (χ1v) is 7.90. The molecule has 1 fully saturated rings. The molecule has 6 nitrogen and oxygen atoms in total. The molecule has 2 N–H and O–H groups in total. The third-order valence-electron chi connectivity index (χ3n) is 3.87. The number of fused-ring (bicyclic) bond motifs is 1. The summed E-state index contributed by atoms with van der Waals surface area (Å²) in [5.74, 6) is 1.74. The van der Waals surface area contributed by atoms with Crippen LogP contribution in [0, 0.1) is 0 Å². The van der Waals surface area contributed by atoms with Gasteiger partial charge in [-0.15, -0.1) is 0 Å². The lowest BCUT2D eigenvalue weighted by Gasteiger charge is -2.15. The van der Waals surface area contributed by atoms with Crippen LogP contribution >= 0.6 is 0 Å². The van der Waals surface area contributed by atoms with Gasteiger partial charge in [0.2, 0.25) is 0 Å². The number of imidazole rings is 1. The molecule has 21 heavy (non-hydrogen) atoms. The van der Waals surface area contributed by atoms with E-state index in [-0.39, 0.29) is 0 Å². The van der Waals surface area contributed by atoms with Gasteiger partial charge >= 0.3 is 0 Å². The lowest BCUT2D eigenvalue weighted by atomic mass is 10.4. The molecule has 3 rings (SSSR count). The first kappa shape index (κ1) is 14.1. The van der Waals surface area contributed by atoms with E-state index in [2.05, 4.69) is 32.4 Å². The molecule has 1 aliphatic rings. The van der Waals surface area contributed by atoms with E-state index in [1.807, 2.05) is 23.0 Å². The van der Waals surface area contributed by atoms with Crippen molar-refractivity contribution in [1.82, 2.24) is 19.3 Å². The van der Waals surface area contributed by atoms with Gasteiger partial charge in [-0.1, -0.05) is 0 Å². The second-order valence-corrected chi connectivity index (χ2v) is 5.49. The summed E-state index contributed by atoms with van der Waals surface area (Å²) in [5.41, 5.74) is 0.887. The number of nitrogens with one attached hydrogen (secondary N) is 2. The summed E-state index contributed by atoms with van der Waals surface area (Å²) >= 11 is 0. The molecule has 0 aliphatic carbocycles. The smallest absolute Gasteiger partial charge is 0.180 e. The van der Waals surface area contributed by atoms with Crippen molar-refractivity contribution in [2.75, 3.05) is 43.4 Å². The number of anilines is 2. The van der Waals surface area contributed by atoms with E-state index in [0.717, 1.165) is 36.8 Å². The third kappa shape index (κ3) is 3.44. The highest BCUT2D eigenvalue weighted by Gasteiger charge is 2.11. The summed E-state index contributed by atoms with van der Waals surface area (Å²) < 4.78 is 2.01. The molecular formula is C15H24N6. The van der Waals surface area contributed by atoms with E-state index in [1.165, 1.54) is 32.5 Å². The van der Waals surface area contributed by atoms with Crippen molar-refractivity contribution >= 4 is 17.3 Å². The van der Waals surface area contributed by atoms with Crippen LogP contribution in [-0.4, -0.2) is 52.0 Å². The molecule has 114 valence electrons. The Balaban J connectivity index is 1.60. The fourth-order valence-corrected chi connectivity index (χ4v) is 2.83. The van der Waals surface area contributed by atoms with Crippen molar-refractivity contribution in [3.63, 3.8) is 0 Å². The van der Waals surface area contributed by atoms with Gasteiger partial charge in [-0.2, -0.15) is 0 Å². The van der Waals surface area contributed by atoms with Gasteiger partial charge in [-0.25, -0.2) is 9.97 Å². The Morgan fingerprint density at radius 1 is 1.24 bits per heavy atom. The van der Waals surface area contributed by atoms with E-state index in [1.54, 1.807) is 0 Å². The summed E-state index contributed by atoms with van der Waals surface area (Å²) in [6, 6.07) is 0. The minimum Gasteiger partial charge on any atom is -0.369 e. The van der Waals surface area contributed by atoms with Gasteiger partial charge in [-0.05, 0) is 45.8 Å². The normalized spacial score (nSPS) is 15.7. The number of nitrogens with zero attached hydrogens (tertiary/aromatic N) is 4. The quantitative estimate of drug-likeness (QED) is 0.764. The standard InChI is InChI=1S/C15H24N6/c1-2-16-13-12-21-11-7-18-15(21)14(19-13)17-6-5-10-20-8-3-4-9-20/h7,11-12,16H,2-6,8-10H2,1H3,(H,17,19). The zero-order chi connectivity index (χ0) is 14.5. The lowest BCUT2D eigenvalue weighted by molar-refractivity contribution is 0.337. The average Bonchev–Trinajstić information content (AvgIpc) is 3.14. The van der Waals surface area contributed by atoms with Crippen LogP contribution in [0.3, 0.4) is 0 Å². The summed E-state index contributed by atoms with van der Waals surface area (Å²) in [6.45, 7) is 7.56. The van der Waals surface area contributed by atoms with E-state index in [0.29, 0.717) is 0 Å². The highest BCUT2D eigenvalue weighted by molar-refractivity contribution is 5.65. The number of aromatic nitrogens is 3. The molecule has 2 aromatic heterocycles.